The number of halogens is 2. The number of hydrogen-bond donors (Lipinski definition) is 1. The number of benzene rings is 1. The van der Waals surface area contributed by atoms with Gasteiger partial charge in [-0.15, -0.1) is 12.4 Å². The van der Waals surface area contributed by atoms with Crippen LogP contribution in [-0.4, -0.2) is 29.0 Å². The molecule has 5 nitrogen and oxygen atoms in total. The van der Waals surface area contributed by atoms with Crippen LogP contribution in [0.4, 0.5) is 5.69 Å². The molecule has 1 aliphatic rings. The summed E-state index contributed by atoms with van der Waals surface area (Å²) >= 11 is 3.18. The van der Waals surface area contributed by atoms with E-state index in [9.17, 15) is 10.1 Å². The van der Waals surface area contributed by atoms with Crippen molar-refractivity contribution in [3.63, 3.8) is 0 Å². The minimum atomic E-state index is -0.372. The highest BCUT2D eigenvalue weighted by Gasteiger charge is 2.20. The van der Waals surface area contributed by atoms with Crippen molar-refractivity contribution in [1.82, 2.24) is 4.90 Å². The molecule has 0 bridgehead atoms. The van der Waals surface area contributed by atoms with Crippen LogP contribution in [0.5, 0.6) is 0 Å². The molecule has 2 N–H and O–H groups in total. The first kappa shape index (κ1) is 15.4. The Bertz CT molecular complexity index is 444. The van der Waals surface area contributed by atoms with Crippen LogP contribution in [0.25, 0.3) is 0 Å². The number of hydrogen-bond acceptors (Lipinski definition) is 4. The highest BCUT2D eigenvalue weighted by molar-refractivity contribution is 9.10. The Hall–Kier alpha value is -0.690. The van der Waals surface area contributed by atoms with Crippen LogP contribution < -0.4 is 5.73 Å². The van der Waals surface area contributed by atoms with Crippen LogP contribution in [0.3, 0.4) is 0 Å². The van der Waals surface area contributed by atoms with E-state index < -0.39 is 0 Å². The number of nitrogens with zero attached hydrogens (tertiary/aromatic N) is 2. The van der Waals surface area contributed by atoms with E-state index in [0.717, 1.165) is 31.6 Å². The molecule has 0 amide bonds. The zero-order chi connectivity index (χ0) is 12.4. The van der Waals surface area contributed by atoms with E-state index in [1.807, 2.05) is 6.07 Å². The van der Waals surface area contributed by atoms with Crippen LogP contribution in [0, 0.1) is 10.1 Å². The number of nitrogens with two attached hydrogens (primary N) is 1. The van der Waals surface area contributed by atoms with Crippen LogP contribution in [0.15, 0.2) is 22.7 Å². The molecule has 1 aliphatic heterocycles. The minimum Gasteiger partial charge on any atom is -0.326 e. The molecular weight excluding hydrogens is 321 g/mol. The van der Waals surface area contributed by atoms with Crippen LogP contribution in [0.2, 0.25) is 0 Å². The monoisotopic (exact) mass is 335 g/mol. The molecule has 1 atom stereocenters. The quantitative estimate of drug-likeness (QED) is 0.679. The van der Waals surface area contributed by atoms with Gasteiger partial charge in [0, 0.05) is 31.7 Å². The predicted octanol–water partition coefficient (Wildman–Crippen LogP) is 2.31. The second kappa shape index (κ2) is 6.47. The van der Waals surface area contributed by atoms with Crippen molar-refractivity contribution in [3.05, 3.63) is 38.3 Å². The standard InChI is InChI=1S/C11H14BrN3O2.ClH/c12-10-2-1-8(5-11(10)15(16)17)6-14-4-3-9(13)7-14;/h1-2,5,9H,3-4,6-7,13H2;1H. The first-order valence-electron chi connectivity index (χ1n) is 5.47. The third kappa shape index (κ3) is 3.65. The van der Waals surface area contributed by atoms with Gasteiger partial charge in [0.1, 0.15) is 0 Å². The summed E-state index contributed by atoms with van der Waals surface area (Å²) in [6.45, 7) is 2.55. The van der Waals surface area contributed by atoms with E-state index in [4.69, 9.17) is 5.73 Å². The van der Waals surface area contributed by atoms with E-state index in [0.29, 0.717) is 4.47 Å². The van der Waals surface area contributed by atoms with Crippen LogP contribution >= 0.6 is 28.3 Å². The van der Waals surface area contributed by atoms with Gasteiger partial charge in [0.25, 0.3) is 5.69 Å². The molecule has 0 saturated carbocycles. The average Bonchev–Trinajstić information content (AvgIpc) is 2.66. The molecule has 100 valence electrons. The lowest BCUT2D eigenvalue weighted by Gasteiger charge is -2.14. The Morgan fingerprint density at radius 3 is 2.83 bits per heavy atom. The molecule has 1 heterocycles. The molecule has 1 saturated heterocycles. The summed E-state index contributed by atoms with van der Waals surface area (Å²) in [5.41, 5.74) is 6.89. The highest BCUT2D eigenvalue weighted by Crippen LogP contribution is 2.26. The molecular formula is C11H15BrClN3O2. The van der Waals surface area contributed by atoms with E-state index in [-0.39, 0.29) is 29.1 Å². The van der Waals surface area contributed by atoms with Crippen molar-refractivity contribution in [2.24, 2.45) is 5.73 Å². The van der Waals surface area contributed by atoms with E-state index in [2.05, 4.69) is 20.8 Å². The van der Waals surface area contributed by atoms with Gasteiger partial charge in [-0.3, -0.25) is 15.0 Å². The van der Waals surface area contributed by atoms with Gasteiger partial charge in [0.15, 0.2) is 0 Å². The molecule has 1 aromatic rings. The highest BCUT2D eigenvalue weighted by atomic mass is 79.9. The fourth-order valence-electron chi connectivity index (χ4n) is 2.06. The largest absolute Gasteiger partial charge is 0.326 e. The number of rotatable bonds is 3. The Morgan fingerprint density at radius 2 is 2.28 bits per heavy atom. The summed E-state index contributed by atoms with van der Waals surface area (Å²) in [4.78, 5) is 12.7. The summed E-state index contributed by atoms with van der Waals surface area (Å²) in [5.74, 6) is 0. The molecule has 7 heteroatoms. The average molecular weight is 337 g/mol. The van der Waals surface area contributed by atoms with Crippen molar-refractivity contribution in [1.29, 1.82) is 0 Å². The number of likely N-dealkylation sites (tertiary alicyclic amines) is 1. The maximum absolute atomic E-state index is 10.8. The van der Waals surface area contributed by atoms with E-state index >= 15 is 0 Å². The van der Waals surface area contributed by atoms with Crippen molar-refractivity contribution < 1.29 is 4.92 Å². The molecule has 0 spiro atoms. The number of nitro groups is 1. The fraction of sp³-hybridized carbons (Fsp3) is 0.455. The summed E-state index contributed by atoms with van der Waals surface area (Å²) in [5, 5.41) is 10.8. The minimum absolute atomic E-state index is 0. The summed E-state index contributed by atoms with van der Waals surface area (Å²) in [7, 11) is 0. The second-order valence-corrected chi connectivity index (χ2v) is 5.18. The van der Waals surface area contributed by atoms with Gasteiger partial charge in [0.05, 0.1) is 9.40 Å². The molecule has 1 aromatic carbocycles. The molecule has 1 unspecified atom stereocenters. The maximum atomic E-state index is 10.8. The zero-order valence-electron chi connectivity index (χ0n) is 9.71. The van der Waals surface area contributed by atoms with Crippen molar-refractivity contribution in [3.8, 4) is 0 Å². The maximum Gasteiger partial charge on any atom is 0.283 e. The first-order valence-corrected chi connectivity index (χ1v) is 6.26. The van der Waals surface area contributed by atoms with Crippen molar-refractivity contribution in [2.75, 3.05) is 13.1 Å². The summed E-state index contributed by atoms with van der Waals surface area (Å²) in [6, 6.07) is 5.48. The van der Waals surface area contributed by atoms with Crippen molar-refractivity contribution in [2.45, 2.75) is 19.0 Å². The van der Waals surface area contributed by atoms with Gasteiger partial charge in [0.2, 0.25) is 0 Å². The summed E-state index contributed by atoms with van der Waals surface area (Å²) < 4.78 is 0.518. The molecule has 0 aliphatic carbocycles. The van der Waals surface area contributed by atoms with E-state index in [1.54, 1.807) is 12.1 Å². The van der Waals surface area contributed by atoms with Gasteiger partial charge in [-0.25, -0.2) is 0 Å². The van der Waals surface area contributed by atoms with Crippen LogP contribution in [0.1, 0.15) is 12.0 Å². The van der Waals surface area contributed by atoms with Gasteiger partial charge in [-0.05, 0) is 34.0 Å². The lowest BCUT2D eigenvalue weighted by molar-refractivity contribution is -0.385. The zero-order valence-corrected chi connectivity index (χ0v) is 12.1. The third-order valence-electron chi connectivity index (χ3n) is 2.92. The fourth-order valence-corrected chi connectivity index (χ4v) is 2.45. The van der Waals surface area contributed by atoms with Gasteiger partial charge < -0.3 is 5.73 Å². The van der Waals surface area contributed by atoms with Gasteiger partial charge in [-0.1, -0.05) is 6.07 Å². The van der Waals surface area contributed by atoms with Crippen LogP contribution in [-0.2, 0) is 6.54 Å². The Balaban J connectivity index is 0.00000162. The molecule has 1 fully saturated rings. The SMILES string of the molecule is Cl.NC1CCN(Cc2ccc(Br)c([N+](=O)[O-])c2)C1. The second-order valence-electron chi connectivity index (χ2n) is 4.33. The molecule has 18 heavy (non-hydrogen) atoms. The topological polar surface area (TPSA) is 72.4 Å². The van der Waals surface area contributed by atoms with Gasteiger partial charge in [-0.2, -0.15) is 0 Å². The Kier molecular flexibility index (Phi) is 5.52. The first-order chi connectivity index (χ1) is 8.06. The lowest BCUT2D eigenvalue weighted by atomic mass is 10.2. The smallest absolute Gasteiger partial charge is 0.283 e. The van der Waals surface area contributed by atoms with Crippen molar-refractivity contribution >= 4 is 34.0 Å². The molecule has 0 radical (unpaired) electrons. The number of nitro benzene ring substituents is 1. The Morgan fingerprint density at radius 1 is 1.56 bits per heavy atom. The lowest BCUT2D eigenvalue weighted by Crippen LogP contribution is -2.26. The predicted molar refractivity (Wildman–Crippen MR) is 75.9 cm³/mol. The third-order valence-corrected chi connectivity index (χ3v) is 3.59. The molecule has 0 aromatic heterocycles. The van der Waals surface area contributed by atoms with Gasteiger partial charge >= 0.3 is 0 Å². The van der Waals surface area contributed by atoms with E-state index in [1.165, 1.54) is 0 Å². The normalized spacial score (nSPS) is 19.6. The summed E-state index contributed by atoms with van der Waals surface area (Å²) in [6.07, 6.45) is 0.999. The molecule has 2 rings (SSSR count). The Labute approximate surface area is 120 Å².